The Balaban J connectivity index is 2.55. The minimum Gasteiger partial charge on any atom is -0.294 e. The summed E-state index contributed by atoms with van der Waals surface area (Å²) in [5.74, 6) is -0.350. The summed E-state index contributed by atoms with van der Waals surface area (Å²) in [5.41, 5.74) is 0.484. The van der Waals surface area contributed by atoms with Crippen LogP contribution in [0.1, 0.15) is 16.6 Å². The summed E-state index contributed by atoms with van der Waals surface area (Å²) >= 11 is 2.69. The Morgan fingerprint density at radius 3 is 2.82 bits per heavy atom. The maximum absolute atomic E-state index is 13.8. The lowest BCUT2D eigenvalue weighted by atomic mass is 10.2. The Bertz CT molecular complexity index is 565. The van der Waals surface area contributed by atoms with Gasteiger partial charge in [-0.25, -0.2) is 9.37 Å². The zero-order chi connectivity index (χ0) is 12.4. The van der Waals surface area contributed by atoms with E-state index in [0.717, 1.165) is 4.90 Å². The maximum Gasteiger partial charge on any atom is 0.171 e. The van der Waals surface area contributed by atoms with E-state index in [4.69, 9.17) is 0 Å². The highest BCUT2D eigenvalue weighted by atomic mass is 32.2. The lowest BCUT2D eigenvalue weighted by Crippen LogP contribution is -1.86. The molecule has 0 bridgehead atoms. The molecule has 0 spiro atoms. The molecule has 1 aromatic heterocycles. The molecule has 0 aliphatic carbocycles. The first-order valence-electron chi connectivity index (χ1n) is 4.93. The largest absolute Gasteiger partial charge is 0.294 e. The summed E-state index contributed by atoms with van der Waals surface area (Å²) in [6.07, 6.45) is 3.39. The SMILES string of the molecule is CSc1cccc(F)c1-c1ncc(C(C)=O)s1. The first-order chi connectivity index (χ1) is 8.13. The first kappa shape index (κ1) is 12.3. The molecule has 0 aliphatic rings. The quantitative estimate of drug-likeness (QED) is 0.624. The number of hydrogen-bond donors (Lipinski definition) is 0. The number of carbonyl (C=O) groups excluding carboxylic acids is 1. The predicted octanol–water partition coefficient (Wildman–Crippen LogP) is 3.87. The number of thiazole rings is 1. The molecule has 1 heterocycles. The number of nitrogens with zero attached hydrogens (tertiary/aromatic N) is 1. The van der Waals surface area contributed by atoms with Gasteiger partial charge in [0.1, 0.15) is 10.8 Å². The zero-order valence-corrected chi connectivity index (χ0v) is 11.0. The van der Waals surface area contributed by atoms with Crippen LogP contribution in [0.3, 0.4) is 0 Å². The Labute approximate surface area is 107 Å². The van der Waals surface area contributed by atoms with E-state index in [1.54, 1.807) is 6.07 Å². The Hall–Kier alpha value is -1.20. The van der Waals surface area contributed by atoms with Crippen LogP contribution in [0.25, 0.3) is 10.6 Å². The van der Waals surface area contributed by atoms with Crippen molar-refractivity contribution < 1.29 is 9.18 Å². The third-order valence-corrected chi connectivity index (χ3v) is 4.16. The lowest BCUT2D eigenvalue weighted by Gasteiger charge is -2.04. The number of aromatic nitrogens is 1. The monoisotopic (exact) mass is 267 g/mol. The molecule has 0 unspecified atom stereocenters. The van der Waals surface area contributed by atoms with Crippen molar-refractivity contribution in [2.24, 2.45) is 0 Å². The Morgan fingerprint density at radius 1 is 1.47 bits per heavy atom. The van der Waals surface area contributed by atoms with Gasteiger partial charge in [-0.1, -0.05) is 6.07 Å². The highest BCUT2D eigenvalue weighted by Gasteiger charge is 2.15. The summed E-state index contributed by atoms with van der Waals surface area (Å²) in [5, 5.41) is 0.553. The van der Waals surface area contributed by atoms with E-state index in [0.29, 0.717) is 15.4 Å². The van der Waals surface area contributed by atoms with E-state index in [1.165, 1.54) is 42.3 Å². The number of hydrogen-bond acceptors (Lipinski definition) is 4. The Kier molecular flexibility index (Phi) is 3.59. The van der Waals surface area contributed by atoms with Crippen molar-refractivity contribution in [1.29, 1.82) is 0 Å². The molecule has 88 valence electrons. The van der Waals surface area contributed by atoms with Crippen LogP contribution in [0.2, 0.25) is 0 Å². The molecule has 17 heavy (non-hydrogen) atoms. The summed E-state index contributed by atoms with van der Waals surface area (Å²) in [6.45, 7) is 1.48. The summed E-state index contributed by atoms with van der Waals surface area (Å²) in [7, 11) is 0. The van der Waals surface area contributed by atoms with Crippen LogP contribution < -0.4 is 0 Å². The highest BCUT2D eigenvalue weighted by molar-refractivity contribution is 7.98. The van der Waals surface area contributed by atoms with Crippen molar-refractivity contribution >= 4 is 28.9 Å². The van der Waals surface area contributed by atoms with E-state index in [9.17, 15) is 9.18 Å². The fraction of sp³-hybridized carbons (Fsp3) is 0.167. The second-order valence-corrected chi connectivity index (χ2v) is 5.28. The normalized spacial score (nSPS) is 10.5. The number of thioether (sulfide) groups is 1. The number of ketones is 1. The molecule has 1 aromatic carbocycles. The summed E-state index contributed by atoms with van der Waals surface area (Å²) in [6, 6.07) is 4.92. The number of benzene rings is 1. The van der Waals surface area contributed by atoms with E-state index >= 15 is 0 Å². The average Bonchev–Trinajstić information content (AvgIpc) is 2.77. The van der Waals surface area contributed by atoms with Crippen LogP contribution in [0.4, 0.5) is 4.39 Å². The van der Waals surface area contributed by atoms with Gasteiger partial charge >= 0.3 is 0 Å². The maximum atomic E-state index is 13.8. The minimum absolute atomic E-state index is 0.0456. The molecule has 0 saturated heterocycles. The number of rotatable bonds is 3. The molecule has 0 amide bonds. The van der Waals surface area contributed by atoms with Crippen molar-refractivity contribution in [1.82, 2.24) is 4.98 Å². The van der Waals surface area contributed by atoms with E-state index < -0.39 is 0 Å². The number of carbonyl (C=O) groups is 1. The molecule has 2 rings (SSSR count). The van der Waals surface area contributed by atoms with Crippen molar-refractivity contribution in [3.63, 3.8) is 0 Å². The van der Waals surface area contributed by atoms with Gasteiger partial charge in [0.05, 0.1) is 10.4 Å². The molecule has 0 aliphatic heterocycles. The molecule has 5 heteroatoms. The van der Waals surface area contributed by atoms with Crippen LogP contribution in [-0.4, -0.2) is 17.0 Å². The minimum atomic E-state index is -0.304. The van der Waals surface area contributed by atoms with Crippen LogP contribution in [0.5, 0.6) is 0 Å². The van der Waals surface area contributed by atoms with Gasteiger partial charge in [-0.3, -0.25) is 4.79 Å². The molecule has 0 saturated carbocycles. The number of halogens is 1. The summed E-state index contributed by atoms with van der Waals surface area (Å²) in [4.78, 5) is 16.7. The van der Waals surface area contributed by atoms with E-state index in [-0.39, 0.29) is 11.6 Å². The lowest BCUT2D eigenvalue weighted by molar-refractivity contribution is 0.102. The van der Waals surface area contributed by atoms with Gasteiger partial charge in [0, 0.05) is 18.0 Å². The molecular formula is C12H10FNOS2. The van der Waals surface area contributed by atoms with Crippen molar-refractivity contribution in [3.05, 3.63) is 35.1 Å². The zero-order valence-electron chi connectivity index (χ0n) is 9.36. The van der Waals surface area contributed by atoms with Crippen LogP contribution in [0.15, 0.2) is 29.3 Å². The molecular weight excluding hydrogens is 257 g/mol. The topological polar surface area (TPSA) is 30.0 Å². The second-order valence-electron chi connectivity index (χ2n) is 3.40. The molecule has 0 atom stereocenters. The van der Waals surface area contributed by atoms with Gasteiger partial charge in [-0.05, 0) is 18.4 Å². The third-order valence-electron chi connectivity index (χ3n) is 2.26. The molecule has 0 N–H and O–H groups in total. The Morgan fingerprint density at radius 2 is 2.24 bits per heavy atom. The molecule has 2 aromatic rings. The van der Waals surface area contributed by atoms with Crippen LogP contribution in [-0.2, 0) is 0 Å². The van der Waals surface area contributed by atoms with Gasteiger partial charge < -0.3 is 0 Å². The van der Waals surface area contributed by atoms with Gasteiger partial charge in [0.25, 0.3) is 0 Å². The van der Waals surface area contributed by atoms with Gasteiger partial charge in [0.15, 0.2) is 5.78 Å². The fourth-order valence-corrected chi connectivity index (χ4v) is 2.98. The van der Waals surface area contributed by atoms with Crippen molar-refractivity contribution in [2.75, 3.05) is 6.26 Å². The third kappa shape index (κ3) is 2.40. The number of Topliss-reactive ketones (excluding diaryl/α,β-unsaturated/α-hetero) is 1. The van der Waals surface area contributed by atoms with Gasteiger partial charge in [-0.2, -0.15) is 0 Å². The smallest absolute Gasteiger partial charge is 0.171 e. The van der Waals surface area contributed by atoms with Gasteiger partial charge in [0.2, 0.25) is 0 Å². The van der Waals surface area contributed by atoms with E-state index in [2.05, 4.69) is 4.98 Å². The van der Waals surface area contributed by atoms with Crippen LogP contribution >= 0.6 is 23.1 Å². The summed E-state index contributed by atoms with van der Waals surface area (Å²) < 4.78 is 13.8. The molecule has 0 fully saturated rings. The average molecular weight is 267 g/mol. The highest BCUT2D eigenvalue weighted by Crippen LogP contribution is 2.34. The molecule has 0 radical (unpaired) electrons. The standard InChI is InChI=1S/C12H10FNOS2/c1-7(15)10-6-14-12(17-10)11-8(13)4-3-5-9(11)16-2/h3-6H,1-2H3. The van der Waals surface area contributed by atoms with Crippen LogP contribution in [0, 0.1) is 5.82 Å². The fourth-order valence-electron chi connectivity index (χ4n) is 1.43. The first-order valence-corrected chi connectivity index (χ1v) is 6.97. The van der Waals surface area contributed by atoms with Gasteiger partial charge in [-0.15, -0.1) is 23.1 Å². The second kappa shape index (κ2) is 4.98. The van der Waals surface area contributed by atoms with Crippen molar-refractivity contribution in [3.8, 4) is 10.6 Å². The molecule has 2 nitrogen and oxygen atoms in total. The predicted molar refractivity (Wildman–Crippen MR) is 69.3 cm³/mol. The van der Waals surface area contributed by atoms with Crippen molar-refractivity contribution in [2.45, 2.75) is 11.8 Å². The van der Waals surface area contributed by atoms with E-state index in [1.807, 2.05) is 12.3 Å².